The monoisotopic (exact) mass is 294 g/mol. The van der Waals surface area contributed by atoms with Gasteiger partial charge in [-0.15, -0.1) is 0 Å². The van der Waals surface area contributed by atoms with Gasteiger partial charge in [0.15, 0.2) is 0 Å². The molecule has 0 atom stereocenters. The molecule has 0 saturated heterocycles. The summed E-state index contributed by atoms with van der Waals surface area (Å²) in [7, 11) is -2.34. The first kappa shape index (κ1) is 14.0. The van der Waals surface area contributed by atoms with Crippen molar-refractivity contribution in [2.24, 2.45) is 0 Å². The van der Waals surface area contributed by atoms with Crippen LogP contribution < -0.4 is 15.9 Å². The van der Waals surface area contributed by atoms with Gasteiger partial charge in [-0.3, -0.25) is 0 Å². The Bertz CT molecular complexity index is 584. The van der Waals surface area contributed by atoms with Crippen molar-refractivity contribution >= 4 is 23.2 Å². The van der Waals surface area contributed by atoms with Crippen LogP contribution in [0.25, 0.3) is 0 Å². The first-order valence-electron chi connectivity index (χ1n) is 7.15. The van der Waals surface area contributed by atoms with Gasteiger partial charge in [0.25, 0.3) is 0 Å². The Labute approximate surface area is 126 Å². The Morgan fingerprint density at radius 3 is 1.05 bits per heavy atom. The van der Waals surface area contributed by atoms with E-state index in [1.54, 1.807) is 0 Å². The van der Waals surface area contributed by atoms with Crippen LogP contribution in [0.2, 0.25) is 0 Å². The molecule has 3 rings (SSSR count). The zero-order valence-electron chi connectivity index (χ0n) is 11.8. The zero-order valence-corrected chi connectivity index (χ0v) is 12.8. The molecule has 1 nitrogen and oxygen atoms in total. The third-order valence-corrected chi connectivity index (χ3v) is 8.47. The van der Waals surface area contributed by atoms with Crippen molar-refractivity contribution in [3.63, 3.8) is 0 Å². The van der Waals surface area contributed by atoms with E-state index in [1.165, 1.54) is 15.9 Å². The van der Waals surface area contributed by atoms with Gasteiger partial charge < -0.3 is 0 Å². The number of hydrogen-bond donors (Lipinski definition) is 1. The summed E-state index contributed by atoms with van der Waals surface area (Å²) < 4.78 is 0. The van der Waals surface area contributed by atoms with E-state index in [4.69, 9.17) is 0 Å². The Morgan fingerprint density at radius 2 is 0.810 bits per heavy atom. The molecule has 1 N–H and O–H groups in total. The molecule has 0 aliphatic rings. The van der Waals surface area contributed by atoms with Gasteiger partial charge in [-0.1, -0.05) is 0 Å². The summed E-state index contributed by atoms with van der Waals surface area (Å²) in [6.07, 6.45) is 0.172. The molecule has 0 bridgehead atoms. The van der Waals surface area contributed by atoms with Crippen molar-refractivity contribution < 1.29 is 5.11 Å². The van der Waals surface area contributed by atoms with Gasteiger partial charge in [0.2, 0.25) is 0 Å². The second-order valence-corrected chi connectivity index (χ2v) is 9.02. The van der Waals surface area contributed by atoms with Crippen LogP contribution >= 0.6 is 7.26 Å². The zero-order chi connectivity index (χ0) is 14.5. The van der Waals surface area contributed by atoms with Gasteiger partial charge >= 0.3 is 126 Å². The second-order valence-electron chi connectivity index (χ2n) is 5.16. The summed E-state index contributed by atoms with van der Waals surface area (Å²) in [5.41, 5.74) is 0. The third kappa shape index (κ3) is 2.51. The van der Waals surface area contributed by atoms with Crippen LogP contribution in [-0.2, 0) is 0 Å². The second kappa shape index (κ2) is 6.22. The van der Waals surface area contributed by atoms with Gasteiger partial charge in [0.05, 0.1) is 0 Å². The molecule has 0 aromatic heterocycles. The maximum absolute atomic E-state index is 10.4. The van der Waals surface area contributed by atoms with Crippen molar-refractivity contribution in [1.82, 2.24) is 0 Å². The van der Waals surface area contributed by atoms with Crippen LogP contribution in [0.5, 0.6) is 0 Å². The molecule has 0 aliphatic heterocycles. The fourth-order valence-corrected chi connectivity index (χ4v) is 6.77. The summed E-state index contributed by atoms with van der Waals surface area (Å²) in [6, 6.07) is 31.2. The van der Waals surface area contributed by atoms with Crippen molar-refractivity contribution in [3.8, 4) is 0 Å². The summed E-state index contributed by atoms with van der Waals surface area (Å²) in [6.45, 7) is 0. The molecule has 2 heteroatoms. The molecule has 0 heterocycles. The van der Waals surface area contributed by atoms with E-state index in [2.05, 4.69) is 72.8 Å². The predicted molar refractivity (Wildman–Crippen MR) is 93.6 cm³/mol. The van der Waals surface area contributed by atoms with Crippen molar-refractivity contribution in [2.75, 3.05) is 6.35 Å². The molecule has 106 valence electrons. The molecule has 0 radical (unpaired) electrons. The summed E-state index contributed by atoms with van der Waals surface area (Å²) >= 11 is 0. The molecule has 0 saturated carbocycles. The van der Waals surface area contributed by atoms with Crippen LogP contribution in [0.3, 0.4) is 0 Å². The van der Waals surface area contributed by atoms with Crippen LogP contribution in [0.15, 0.2) is 91.0 Å². The SMILES string of the molecule is OC[PH](c1ccccc1)(c1ccccc1)c1ccccc1. The Kier molecular flexibility index (Phi) is 4.15. The molecule has 0 amide bonds. The molecule has 0 aliphatic carbocycles. The summed E-state index contributed by atoms with van der Waals surface area (Å²) in [5, 5.41) is 14.1. The molecule has 0 fully saturated rings. The first-order valence-corrected chi connectivity index (χ1v) is 9.36. The van der Waals surface area contributed by atoms with E-state index in [-0.39, 0.29) is 6.35 Å². The number of rotatable bonds is 4. The minimum atomic E-state index is -2.34. The van der Waals surface area contributed by atoms with E-state index >= 15 is 0 Å². The molecular weight excluding hydrogens is 275 g/mol. The van der Waals surface area contributed by atoms with Crippen LogP contribution in [0.1, 0.15) is 0 Å². The average molecular weight is 294 g/mol. The van der Waals surface area contributed by atoms with Gasteiger partial charge in [-0.2, -0.15) is 0 Å². The number of aliphatic hydroxyl groups excluding tert-OH is 1. The topological polar surface area (TPSA) is 20.2 Å². The summed E-state index contributed by atoms with van der Waals surface area (Å²) in [5.74, 6) is 0. The standard InChI is InChI=1S/C19H19OP/c20-16-21(17-10-4-1-5-11-17,18-12-6-2-7-13-18)19-14-8-3-9-15-19/h1-15,20-21H,16H2. The predicted octanol–water partition coefficient (Wildman–Crippen LogP) is 2.66. The maximum atomic E-state index is 10.4. The van der Waals surface area contributed by atoms with E-state index in [1.807, 2.05) is 18.2 Å². The minimum absolute atomic E-state index is 0.172. The molecule has 0 spiro atoms. The average Bonchev–Trinajstić information content (AvgIpc) is 2.59. The normalized spacial score (nSPS) is 12.0. The van der Waals surface area contributed by atoms with Crippen molar-refractivity contribution in [3.05, 3.63) is 91.0 Å². The van der Waals surface area contributed by atoms with Crippen LogP contribution in [0, 0.1) is 0 Å². The Morgan fingerprint density at radius 1 is 0.524 bits per heavy atom. The van der Waals surface area contributed by atoms with Gasteiger partial charge in [0, 0.05) is 0 Å². The number of aliphatic hydroxyl groups is 1. The van der Waals surface area contributed by atoms with Crippen molar-refractivity contribution in [2.45, 2.75) is 0 Å². The first-order chi connectivity index (χ1) is 10.4. The van der Waals surface area contributed by atoms with E-state index in [0.29, 0.717) is 0 Å². The van der Waals surface area contributed by atoms with Gasteiger partial charge in [-0.05, 0) is 0 Å². The van der Waals surface area contributed by atoms with E-state index in [9.17, 15) is 5.11 Å². The van der Waals surface area contributed by atoms with Gasteiger partial charge in [-0.25, -0.2) is 0 Å². The number of benzene rings is 3. The molecular formula is C19H19OP. The van der Waals surface area contributed by atoms with Gasteiger partial charge in [0.1, 0.15) is 0 Å². The Balaban J connectivity index is 2.29. The molecule has 0 unspecified atom stereocenters. The summed E-state index contributed by atoms with van der Waals surface area (Å²) in [4.78, 5) is 0. The third-order valence-electron chi connectivity index (χ3n) is 4.04. The van der Waals surface area contributed by atoms with Crippen LogP contribution in [0.4, 0.5) is 0 Å². The molecule has 3 aromatic rings. The van der Waals surface area contributed by atoms with Crippen LogP contribution in [-0.4, -0.2) is 11.5 Å². The van der Waals surface area contributed by atoms with Crippen molar-refractivity contribution in [1.29, 1.82) is 0 Å². The molecule has 3 aromatic carbocycles. The van der Waals surface area contributed by atoms with E-state index in [0.717, 1.165) is 0 Å². The van der Waals surface area contributed by atoms with E-state index < -0.39 is 7.26 Å². The fourth-order valence-electron chi connectivity index (χ4n) is 2.94. The number of hydrogen-bond acceptors (Lipinski definition) is 1. The Hall–Kier alpha value is -1.95. The molecule has 21 heavy (non-hydrogen) atoms. The quantitative estimate of drug-likeness (QED) is 0.734. The fraction of sp³-hybridized carbons (Fsp3) is 0.0526.